The van der Waals surface area contributed by atoms with E-state index in [1.165, 1.54) is 0 Å². The third-order valence-corrected chi connectivity index (χ3v) is 2.63. The van der Waals surface area contributed by atoms with Crippen LogP contribution in [0.1, 0.15) is 16.8 Å². The Kier molecular flexibility index (Phi) is 2.49. The Morgan fingerprint density at radius 2 is 2.33 bits per heavy atom. The average Bonchev–Trinajstić information content (AvgIpc) is 2.40. The van der Waals surface area contributed by atoms with Gasteiger partial charge in [0.05, 0.1) is 16.9 Å². The molecule has 0 unspecified atom stereocenters. The maximum absolute atomic E-state index is 11.1. The molecule has 1 aliphatic heterocycles. The van der Waals surface area contributed by atoms with Crippen LogP contribution in [-0.4, -0.2) is 31.2 Å². The van der Waals surface area contributed by atoms with Crippen LogP contribution >= 0.6 is 0 Å². The van der Waals surface area contributed by atoms with Gasteiger partial charge < -0.3 is 15.3 Å². The van der Waals surface area contributed by atoms with Gasteiger partial charge in [0, 0.05) is 20.1 Å². The third-order valence-electron chi connectivity index (χ3n) is 2.63. The fourth-order valence-corrected chi connectivity index (χ4v) is 1.92. The molecule has 0 saturated heterocycles. The van der Waals surface area contributed by atoms with Crippen LogP contribution in [0.25, 0.3) is 0 Å². The second kappa shape index (κ2) is 3.81. The van der Waals surface area contributed by atoms with Gasteiger partial charge >= 0.3 is 5.97 Å². The van der Waals surface area contributed by atoms with E-state index in [9.17, 15) is 4.79 Å². The lowest BCUT2D eigenvalue weighted by molar-refractivity contribution is 0.0697. The van der Waals surface area contributed by atoms with Gasteiger partial charge in [-0.2, -0.15) is 0 Å². The van der Waals surface area contributed by atoms with Crippen molar-refractivity contribution in [3.8, 4) is 0 Å². The van der Waals surface area contributed by atoms with E-state index in [1.807, 2.05) is 18.0 Å². The minimum atomic E-state index is -0.873. The van der Waals surface area contributed by atoms with Crippen molar-refractivity contribution in [1.29, 1.82) is 0 Å². The van der Waals surface area contributed by atoms with E-state index in [-0.39, 0.29) is 0 Å². The second-order valence-corrected chi connectivity index (χ2v) is 3.71. The summed E-state index contributed by atoms with van der Waals surface area (Å²) in [5.41, 5.74) is 2.07. The Bertz CT molecular complexity index is 390. The Balaban J connectivity index is 2.55. The van der Waals surface area contributed by atoms with Crippen LogP contribution < -0.4 is 10.2 Å². The highest BCUT2D eigenvalue weighted by atomic mass is 16.4. The van der Waals surface area contributed by atoms with Crippen LogP contribution in [0.2, 0.25) is 0 Å². The molecule has 1 aliphatic rings. The number of aromatic carboxylic acids is 1. The molecule has 0 amide bonds. The molecule has 0 aromatic heterocycles. The van der Waals surface area contributed by atoms with Crippen molar-refractivity contribution in [2.45, 2.75) is 6.42 Å². The van der Waals surface area contributed by atoms with Crippen molar-refractivity contribution in [1.82, 2.24) is 0 Å². The number of benzene rings is 1. The van der Waals surface area contributed by atoms with Crippen molar-refractivity contribution in [3.63, 3.8) is 0 Å². The Labute approximate surface area is 88.5 Å². The van der Waals surface area contributed by atoms with E-state index < -0.39 is 5.97 Å². The number of carboxylic acid groups (broad SMARTS) is 1. The van der Waals surface area contributed by atoms with Crippen LogP contribution in [0, 0.1) is 0 Å². The number of nitrogens with one attached hydrogen (secondary N) is 1. The topological polar surface area (TPSA) is 52.6 Å². The van der Waals surface area contributed by atoms with Gasteiger partial charge in [0.2, 0.25) is 0 Å². The molecule has 1 aromatic rings. The Hall–Kier alpha value is -1.71. The quantitative estimate of drug-likeness (QED) is 0.733. The van der Waals surface area contributed by atoms with Crippen molar-refractivity contribution in [2.75, 3.05) is 30.4 Å². The van der Waals surface area contributed by atoms with Crippen LogP contribution in [0.3, 0.4) is 0 Å². The van der Waals surface area contributed by atoms with E-state index in [0.717, 1.165) is 30.9 Å². The van der Waals surface area contributed by atoms with Crippen molar-refractivity contribution < 1.29 is 9.90 Å². The van der Waals surface area contributed by atoms with Gasteiger partial charge in [-0.25, -0.2) is 4.79 Å². The largest absolute Gasteiger partial charge is 0.478 e. The number of para-hydroxylation sites is 1. The number of hydrogen-bond acceptors (Lipinski definition) is 3. The molecule has 0 fully saturated rings. The standard InChI is InChI=1S/C11H14N2O2/c1-13-7-3-6-12-9-5-2-4-8(10(9)13)11(14)15/h2,4-5,12H,3,6-7H2,1H3,(H,14,15). The molecule has 1 heterocycles. The molecule has 15 heavy (non-hydrogen) atoms. The summed E-state index contributed by atoms with van der Waals surface area (Å²) in [6.07, 6.45) is 1.02. The molecule has 2 N–H and O–H groups in total. The third kappa shape index (κ3) is 1.75. The normalized spacial score (nSPS) is 15.1. The highest BCUT2D eigenvalue weighted by molar-refractivity contribution is 5.98. The molecule has 2 rings (SSSR count). The zero-order chi connectivity index (χ0) is 10.8. The molecular weight excluding hydrogens is 192 g/mol. The van der Waals surface area contributed by atoms with Crippen LogP contribution in [0.5, 0.6) is 0 Å². The summed E-state index contributed by atoms with van der Waals surface area (Å²) in [4.78, 5) is 13.1. The van der Waals surface area contributed by atoms with Crippen molar-refractivity contribution in [3.05, 3.63) is 23.8 Å². The molecule has 80 valence electrons. The molecule has 0 spiro atoms. The minimum absolute atomic E-state index is 0.365. The summed E-state index contributed by atoms with van der Waals surface area (Å²) >= 11 is 0. The van der Waals surface area contributed by atoms with E-state index in [0.29, 0.717) is 5.56 Å². The van der Waals surface area contributed by atoms with Gasteiger partial charge in [-0.3, -0.25) is 0 Å². The highest BCUT2D eigenvalue weighted by Gasteiger charge is 2.18. The lowest BCUT2D eigenvalue weighted by Gasteiger charge is -2.20. The number of carbonyl (C=O) groups is 1. The first-order chi connectivity index (χ1) is 7.20. The Morgan fingerprint density at radius 1 is 1.53 bits per heavy atom. The van der Waals surface area contributed by atoms with Crippen LogP contribution in [0.15, 0.2) is 18.2 Å². The molecule has 0 aliphatic carbocycles. The molecular formula is C11H14N2O2. The first kappa shape index (κ1) is 9.83. The lowest BCUT2D eigenvalue weighted by Crippen LogP contribution is -2.20. The first-order valence-electron chi connectivity index (χ1n) is 5.01. The van der Waals surface area contributed by atoms with Gasteiger partial charge in [0.15, 0.2) is 0 Å². The van der Waals surface area contributed by atoms with E-state index in [1.54, 1.807) is 12.1 Å². The smallest absolute Gasteiger partial charge is 0.337 e. The predicted molar refractivity (Wildman–Crippen MR) is 59.8 cm³/mol. The maximum Gasteiger partial charge on any atom is 0.337 e. The van der Waals surface area contributed by atoms with E-state index in [4.69, 9.17) is 5.11 Å². The second-order valence-electron chi connectivity index (χ2n) is 3.71. The molecule has 0 atom stereocenters. The minimum Gasteiger partial charge on any atom is -0.478 e. The molecule has 4 heteroatoms. The number of rotatable bonds is 1. The number of fused-ring (bicyclic) bond motifs is 1. The molecule has 0 radical (unpaired) electrons. The van der Waals surface area contributed by atoms with Gasteiger partial charge in [-0.05, 0) is 18.6 Å². The van der Waals surface area contributed by atoms with Gasteiger partial charge in [-0.15, -0.1) is 0 Å². The number of hydrogen-bond donors (Lipinski definition) is 2. The van der Waals surface area contributed by atoms with Gasteiger partial charge in [-0.1, -0.05) is 6.07 Å². The SMILES string of the molecule is CN1CCCNc2cccc(C(=O)O)c21. The monoisotopic (exact) mass is 206 g/mol. The average molecular weight is 206 g/mol. The van der Waals surface area contributed by atoms with Gasteiger partial charge in [0.25, 0.3) is 0 Å². The highest BCUT2D eigenvalue weighted by Crippen LogP contribution is 2.31. The zero-order valence-electron chi connectivity index (χ0n) is 8.66. The van der Waals surface area contributed by atoms with E-state index >= 15 is 0 Å². The summed E-state index contributed by atoms with van der Waals surface area (Å²) < 4.78 is 0. The fourth-order valence-electron chi connectivity index (χ4n) is 1.92. The summed E-state index contributed by atoms with van der Waals surface area (Å²) in [7, 11) is 1.93. The van der Waals surface area contributed by atoms with Crippen LogP contribution in [-0.2, 0) is 0 Å². The zero-order valence-corrected chi connectivity index (χ0v) is 8.66. The molecule has 0 bridgehead atoms. The van der Waals surface area contributed by atoms with Crippen molar-refractivity contribution in [2.24, 2.45) is 0 Å². The summed E-state index contributed by atoms with van der Waals surface area (Å²) in [5.74, 6) is -0.873. The van der Waals surface area contributed by atoms with Crippen LogP contribution in [0.4, 0.5) is 11.4 Å². The predicted octanol–water partition coefficient (Wildman–Crippen LogP) is 1.64. The molecule has 1 aromatic carbocycles. The number of anilines is 2. The van der Waals surface area contributed by atoms with Crippen molar-refractivity contribution >= 4 is 17.3 Å². The first-order valence-corrected chi connectivity index (χ1v) is 5.01. The fraction of sp³-hybridized carbons (Fsp3) is 0.364. The van der Waals surface area contributed by atoms with E-state index in [2.05, 4.69) is 5.32 Å². The summed E-state index contributed by atoms with van der Waals surface area (Å²) in [5, 5.41) is 12.3. The Morgan fingerprint density at radius 3 is 3.07 bits per heavy atom. The molecule has 4 nitrogen and oxygen atoms in total. The molecule has 0 saturated carbocycles. The van der Waals surface area contributed by atoms with Gasteiger partial charge in [0.1, 0.15) is 0 Å². The summed E-state index contributed by atoms with van der Waals surface area (Å²) in [6, 6.07) is 5.34. The number of nitrogens with zero attached hydrogens (tertiary/aromatic N) is 1. The maximum atomic E-state index is 11.1. The lowest BCUT2D eigenvalue weighted by atomic mass is 10.1. The summed E-state index contributed by atoms with van der Waals surface area (Å²) in [6.45, 7) is 1.77. The number of carboxylic acids is 1.